The standard InChI is InChI=1S/C14H20N2O/c1-10-6-7-11(2)13(9-10)16-8-4-5-12(15-3)14(16)17/h6-7,9,12,15H,4-5,8H2,1-3H3. The van der Waals surface area contributed by atoms with E-state index >= 15 is 0 Å². The third-order valence-corrected chi connectivity index (χ3v) is 3.44. The molecule has 1 heterocycles. The van der Waals surface area contributed by atoms with E-state index in [0.29, 0.717) is 0 Å². The van der Waals surface area contributed by atoms with Gasteiger partial charge in [-0.1, -0.05) is 12.1 Å². The van der Waals surface area contributed by atoms with Crippen LogP contribution in [0.15, 0.2) is 18.2 Å². The van der Waals surface area contributed by atoms with E-state index in [1.165, 1.54) is 11.1 Å². The summed E-state index contributed by atoms with van der Waals surface area (Å²) in [6.45, 7) is 4.96. The Hall–Kier alpha value is -1.35. The Morgan fingerprint density at radius 1 is 1.35 bits per heavy atom. The molecule has 0 bridgehead atoms. The Labute approximate surface area is 103 Å². The molecular formula is C14H20N2O. The first-order valence-corrected chi connectivity index (χ1v) is 6.19. The lowest BCUT2D eigenvalue weighted by Crippen LogP contribution is -2.50. The van der Waals surface area contributed by atoms with Crippen molar-refractivity contribution in [3.63, 3.8) is 0 Å². The lowest BCUT2D eigenvalue weighted by molar-refractivity contribution is -0.121. The quantitative estimate of drug-likeness (QED) is 0.846. The minimum atomic E-state index is -0.0244. The number of carbonyl (C=O) groups excluding carboxylic acids is 1. The second-order valence-corrected chi connectivity index (χ2v) is 4.76. The summed E-state index contributed by atoms with van der Waals surface area (Å²) in [5.41, 5.74) is 3.43. The predicted molar refractivity (Wildman–Crippen MR) is 70.4 cm³/mol. The molecule has 1 aromatic carbocycles. The molecule has 1 saturated heterocycles. The van der Waals surface area contributed by atoms with Crippen LogP contribution in [-0.4, -0.2) is 25.5 Å². The van der Waals surface area contributed by atoms with Gasteiger partial charge >= 0.3 is 0 Å². The third kappa shape index (κ3) is 2.34. The highest BCUT2D eigenvalue weighted by atomic mass is 16.2. The fourth-order valence-corrected chi connectivity index (χ4v) is 2.39. The molecule has 1 N–H and O–H groups in total. The van der Waals surface area contributed by atoms with Gasteiger partial charge in [-0.2, -0.15) is 0 Å². The Bertz CT molecular complexity index is 428. The van der Waals surface area contributed by atoms with Crippen LogP contribution in [0.25, 0.3) is 0 Å². The minimum absolute atomic E-state index is 0.0244. The van der Waals surface area contributed by atoms with Crippen LogP contribution in [-0.2, 0) is 4.79 Å². The molecule has 0 saturated carbocycles. The fraction of sp³-hybridized carbons (Fsp3) is 0.500. The Balaban J connectivity index is 2.32. The van der Waals surface area contributed by atoms with E-state index < -0.39 is 0 Å². The summed E-state index contributed by atoms with van der Waals surface area (Å²) in [6, 6.07) is 6.25. The SMILES string of the molecule is CNC1CCCN(c2cc(C)ccc2C)C1=O. The van der Waals surface area contributed by atoms with E-state index in [-0.39, 0.29) is 11.9 Å². The zero-order chi connectivity index (χ0) is 12.4. The van der Waals surface area contributed by atoms with Crippen molar-refractivity contribution in [1.29, 1.82) is 0 Å². The molecule has 92 valence electrons. The number of hydrogen-bond donors (Lipinski definition) is 1. The molecule has 1 aromatic rings. The van der Waals surface area contributed by atoms with E-state index in [9.17, 15) is 4.79 Å². The number of hydrogen-bond acceptors (Lipinski definition) is 2. The van der Waals surface area contributed by atoms with Crippen LogP contribution < -0.4 is 10.2 Å². The highest BCUT2D eigenvalue weighted by Gasteiger charge is 2.28. The van der Waals surface area contributed by atoms with Gasteiger partial charge in [0.1, 0.15) is 0 Å². The van der Waals surface area contributed by atoms with Gasteiger partial charge in [0.25, 0.3) is 0 Å². The van der Waals surface area contributed by atoms with Crippen molar-refractivity contribution in [1.82, 2.24) is 5.32 Å². The normalized spacial score (nSPS) is 20.8. The monoisotopic (exact) mass is 232 g/mol. The summed E-state index contributed by atoms with van der Waals surface area (Å²) in [5.74, 6) is 0.201. The van der Waals surface area contributed by atoms with Crippen molar-refractivity contribution in [2.45, 2.75) is 32.7 Å². The Morgan fingerprint density at radius 2 is 2.12 bits per heavy atom. The number of carbonyl (C=O) groups is 1. The van der Waals surface area contributed by atoms with Gasteiger partial charge in [0.15, 0.2) is 0 Å². The molecule has 1 aliphatic rings. The Morgan fingerprint density at radius 3 is 2.82 bits per heavy atom. The highest BCUT2D eigenvalue weighted by molar-refractivity contribution is 5.98. The zero-order valence-electron chi connectivity index (χ0n) is 10.8. The van der Waals surface area contributed by atoms with Gasteiger partial charge < -0.3 is 10.2 Å². The molecule has 0 aromatic heterocycles. The number of rotatable bonds is 2. The number of nitrogens with zero attached hydrogens (tertiary/aromatic N) is 1. The van der Waals surface area contributed by atoms with E-state index in [1.54, 1.807) is 0 Å². The second-order valence-electron chi connectivity index (χ2n) is 4.76. The van der Waals surface area contributed by atoms with Crippen LogP contribution in [0.1, 0.15) is 24.0 Å². The zero-order valence-corrected chi connectivity index (χ0v) is 10.8. The number of benzene rings is 1. The molecular weight excluding hydrogens is 212 g/mol. The number of amides is 1. The first-order chi connectivity index (χ1) is 8.13. The third-order valence-electron chi connectivity index (χ3n) is 3.44. The first-order valence-electron chi connectivity index (χ1n) is 6.19. The van der Waals surface area contributed by atoms with Crippen LogP contribution in [0, 0.1) is 13.8 Å². The number of anilines is 1. The molecule has 0 spiro atoms. The van der Waals surface area contributed by atoms with Crippen LogP contribution >= 0.6 is 0 Å². The summed E-state index contributed by atoms with van der Waals surface area (Å²) in [5, 5.41) is 3.10. The van der Waals surface area contributed by atoms with Gasteiger partial charge in [-0.15, -0.1) is 0 Å². The molecule has 0 aliphatic carbocycles. The molecule has 17 heavy (non-hydrogen) atoms. The maximum Gasteiger partial charge on any atom is 0.244 e. The molecule has 3 heteroatoms. The molecule has 0 radical (unpaired) electrons. The maximum atomic E-state index is 12.3. The van der Waals surface area contributed by atoms with E-state index in [2.05, 4.69) is 37.4 Å². The van der Waals surface area contributed by atoms with E-state index in [1.807, 2.05) is 11.9 Å². The van der Waals surface area contributed by atoms with E-state index in [4.69, 9.17) is 0 Å². The van der Waals surface area contributed by atoms with Crippen molar-refractivity contribution in [3.8, 4) is 0 Å². The summed E-state index contributed by atoms with van der Waals surface area (Å²) in [7, 11) is 1.86. The van der Waals surface area contributed by atoms with Crippen LogP contribution in [0.5, 0.6) is 0 Å². The van der Waals surface area contributed by atoms with Gasteiger partial charge in [0.05, 0.1) is 6.04 Å². The lowest BCUT2D eigenvalue weighted by atomic mass is 10.0. The van der Waals surface area contributed by atoms with Gasteiger partial charge in [-0.3, -0.25) is 4.79 Å². The van der Waals surface area contributed by atoms with Crippen LogP contribution in [0.3, 0.4) is 0 Å². The molecule has 1 atom stereocenters. The fourth-order valence-electron chi connectivity index (χ4n) is 2.39. The van der Waals surface area contributed by atoms with Crippen molar-refractivity contribution < 1.29 is 4.79 Å². The number of piperidine rings is 1. The smallest absolute Gasteiger partial charge is 0.244 e. The highest BCUT2D eigenvalue weighted by Crippen LogP contribution is 2.25. The second kappa shape index (κ2) is 4.88. The van der Waals surface area contributed by atoms with E-state index in [0.717, 1.165) is 25.1 Å². The first kappa shape index (κ1) is 12.1. The largest absolute Gasteiger partial charge is 0.311 e. The number of nitrogens with one attached hydrogen (secondary N) is 1. The minimum Gasteiger partial charge on any atom is -0.311 e. The molecule has 2 rings (SSSR count). The molecule has 1 aliphatic heterocycles. The number of aryl methyl sites for hydroxylation is 2. The molecule has 1 fully saturated rings. The summed E-state index contributed by atoms with van der Waals surface area (Å²) in [6.07, 6.45) is 2.00. The van der Waals surface area contributed by atoms with Crippen molar-refractivity contribution in [2.75, 3.05) is 18.5 Å². The molecule has 1 unspecified atom stereocenters. The summed E-state index contributed by atoms with van der Waals surface area (Å²) < 4.78 is 0. The van der Waals surface area contributed by atoms with Crippen molar-refractivity contribution in [3.05, 3.63) is 29.3 Å². The van der Waals surface area contributed by atoms with Gasteiger partial charge in [0, 0.05) is 12.2 Å². The molecule has 1 amide bonds. The topological polar surface area (TPSA) is 32.3 Å². The molecule has 3 nitrogen and oxygen atoms in total. The van der Waals surface area contributed by atoms with Crippen LogP contribution in [0.4, 0.5) is 5.69 Å². The predicted octanol–water partition coefficient (Wildman–Crippen LogP) is 2.02. The Kier molecular flexibility index (Phi) is 3.48. The maximum absolute atomic E-state index is 12.3. The van der Waals surface area contributed by atoms with Gasteiger partial charge in [-0.05, 0) is 50.9 Å². The van der Waals surface area contributed by atoms with Gasteiger partial charge in [0.2, 0.25) is 5.91 Å². The van der Waals surface area contributed by atoms with Crippen molar-refractivity contribution in [2.24, 2.45) is 0 Å². The van der Waals surface area contributed by atoms with Gasteiger partial charge in [-0.25, -0.2) is 0 Å². The summed E-state index contributed by atoms with van der Waals surface area (Å²) >= 11 is 0. The number of likely N-dealkylation sites (N-methyl/N-ethyl adjacent to an activating group) is 1. The lowest BCUT2D eigenvalue weighted by Gasteiger charge is -2.33. The average molecular weight is 232 g/mol. The van der Waals surface area contributed by atoms with Crippen LogP contribution in [0.2, 0.25) is 0 Å². The average Bonchev–Trinajstić information content (AvgIpc) is 2.33. The summed E-state index contributed by atoms with van der Waals surface area (Å²) in [4.78, 5) is 14.2. The van der Waals surface area contributed by atoms with Crippen molar-refractivity contribution >= 4 is 11.6 Å².